The van der Waals surface area contributed by atoms with E-state index < -0.39 is 11.9 Å². The second kappa shape index (κ2) is 7.48. The van der Waals surface area contributed by atoms with Crippen molar-refractivity contribution in [2.75, 3.05) is 27.2 Å². The number of carboxylic acid groups (broad SMARTS) is 1. The highest BCUT2D eigenvalue weighted by molar-refractivity contribution is 5.85. The average molecular weight is 270 g/mol. The molecule has 0 saturated heterocycles. The van der Waals surface area contributed by atoms with Crippen molar-refractivity contribution in [2.45, 2.75) is 32.6 Å². The second-order valence-corrected chi connectivity index (χ2v) is 5.74. The second-order valence-electron chi connectivity index (χ2n) is 5.74. The molecule has 1 rings (SSSR count). The maximum Gasteiger partial charge on any atom is 0.307 e. The van der Waals surface area contributed by atoms with Crippen LogP contribution in [0.4, 0.5) is 0 Å². The van der Waals surface area contributed by atoms with Crippen LogP contribution in [0, 0.1) is 17.8 Å². The summed E-state index contributed by atoms with van der Waals surface area (Å²) in [5.74, 6) is -1.38. The van der Waals surface area contributed by atoms with E-state index in [0.29, 0.717) is 25.3 Å². The summed E-state index contributed by atoms with van der Waals surface area (Å²) in [5.41, 5.74) is 0. The molecule has 0 aromatic carbocycles. The number of amides is 1. The number of carbonyl (C=O) groups excluding carboxylic acids is 1. The summed E-state index contributed by atoms with van der Waals surface area (Å²) in [4.78, 5) is 25.4. The Kier molecular flexibility index (Phi) is 6.28. The smallest absolute Gasteiger partial charge is 0.307 e. The Balaban J connectivity index is 2.43. The first-order valence-corrected chi connectivity index (χ1v) is 7.11. The van der Waals surface area contributed by atoms with Crippen molar-refractivity contribution in [3.05, 3.63) is 0 Å². The number of carboxylic acids is 1. The molecular formula is C14H26N2O3. The molecule has 110 valence electrons. The molecule has 1 aliphatic rings. The molecule has 0 bridgehead atoms. The molecule has 0 heterocycles. The molecule has 1 saturated carbocycles. The average Bonchev–Trinajstić information content (AvgIpc) is 2.78. The lowest BCUT2D eigenvalue weighted by Gasteiger charge is -2.16. The largest absolute Gasteiger partial charge is 0.481 e. The van der Waals surface area contributed by atoms with E-state index in [1.165, 1.54) is 0 Å². The maximum absolute atomic E-state index is 12.1. The minimum atomic E-state index is -0.829. The molecule has 5 heteroatoms. The molecule has 0 aromatic heterocycles. The number of rotatable bonds is 7. The predicted octanol–water partition coefficient (Wildman–Crippen LogP) is 1.19. The van der Waals surface area contributed by atoms with Crippen molar-refractivity contribution in [3.63, 3.8) is 0 Å². The van der Waals surface area contributed by atoms with Crippen LogP contribution in [0.2, 0.25) is 0 Å². The lowest BCUT2D eigenvalue weighted by Crippen LogP contribution is -2.36. The van der Waals surface area contributed by atoms with E-state index in [-0.39, 0.29) is 11.8 Å². The summed E-state index contributed by atoms with van der Waals surface area (Å²) in [6, 6.07) is 0. The summed E-state index contributed by atoms with van der Waals surface area (Å²) < 4.78 is 0. The summed E-state index contributed by atoms with van der Waals surface area (Å²) in [5, 5.41) is 12.1. The van der Waals surface area contributed by atoms with Gasteiger partial charge >= 0.3 is 5.97 Å². The molecule has 1 amide bonds. The number of aliphatic carboxylic acids is 1. The van der Waals surface area contributed by atoms with Crippen molar-refractivity contribution in [3.8, 4) is 0 Å². The minimum Gasteiger partial charge on any atom is -0.481 e. The van der Waals surface area contributed by atoms with Crippen LogP contribution in [0.5, 0.6) is 0 Å². The van der Waals surface area contributed by atoms with Gasteiger partial charge in [0, 0.05) is 6.54 Å². The van der Waals surface area contributed by atoms with E-state index in [4.69, 9.17) is 0 Å². The third-order valence-corrected chi connectivity index (χ3v) is 3.97. The van der Waals surface area contributed by atoms with Crippen LogP contribution >= 0.6 is 0 Å². The van der Waals surface area contributed by atoms with Gasteiger partial charge in [-0.2, -0.15) is 0 Å². The first kappa shape index (κ1) is 16.0. The van der Waals surface area contributed by atoms with Gasteiger partial charge in [0.2, 0.25) is 5.91 Å². The maximum atomic E-state index is 12.1. The van der Waals surface area contributed by atoms with Gasteiger partial charge in [0.1, 0.15) is 0 Å². The Morgan fingerprint density at radius 2 is 1.89 bits per heavy atom. The van der Waals surface area contributed by atoms with Crippen molar-refractivity contribution in [1.29, 1.82) is 0 Å². The van der Waals surface area contributed by atoms with Crippen molar-refractivity contribution in [2.24, 2.45) is 17.8 Å². The highest BCUT2D eigenvalue weighted by atomic mass is 16.4. The minimum absolute atomic E-state index is 0.0814. The van der Waals surface area contributed by atoms with Gasteiger partial charge in [-0.25, -0.2) is 0 Å². The first-order chi connectivity index (χ1) is 8.95. The standard InChI is InChI=1S/C14H26N2O3/c1-4-10-8-11(12(9-10)14(18)19)13(17)15-6-5-7-16(2)3/h10-12H,4-9H2,1-3H3,(H,15,17)(H,18,19)/t10?,11-,12+/m0/s1. The van der Waals surface area contributed by atoms with E-state index in [9.17, 15) is 14.7 Å². The van der Waals surface area contributed by atoms with Crippen LogP contribution in [0.3, 0.4) is 0 Å². The normalized spacial score (nSPS) is 26.6. The first-order valence-electron chi connectivity index (χ1n) is 7.11. The van der Waals surface area contributed by atoms with Crippen molar-refractivity contribution < 1.29 is 14.7 Å². The topological polar surface area (TPSA) is 69.6 Å². The molecule has 1 aliphatic carbocycles. The Morgan fingerprint density at radius 1 is 1.26 bits per heavy atom. The Labute approximate surface area is 115 Å². The van der Waals surface area contributed by atoms with Crippen LogP contribution in [0.15, 0.2) is 0 Å². The molecule has 0 spiro atoms. The Morgan fingerprint density at radius 3 is 2.42 bits per heavy atom. The third-order valence-electron chi connectivity index (χ3n) is 3.97. The lowest BCUT2D eigenvalue weighted by molar-refractivity contribution is -0.146. The highest BCUT2D eigenvalue weighted by Gasteiger charge is 2.41. The Hall–Kier alpha value is -1.10. The summed E-state index contributed by atoms with van der Waals surface area (Å²) >= 11 is 0. The Bertz CT molecular complexity index is 318. The van der Waals surface area contributed by atoms with E-state index in [2.05, 4.69) is 17.1 Å². The molecule has 3 atom stereocenters. The molecule has 0 aromatic rings. The highest BCUT2D eigenvalue weighted by Crippen LogP contribution is 2.38. The van der Waals surface area contributed by atoms with Gasteiger partial charge < -0.3 is 15.3 Å². The van der Waals surface area contributed by atoms with Crippen LogP contribution in [0.1, 0.15) is 32.6 Å². The fourth-order valence-electron chi connectivity index (χ4n) is 2.78. The summed E-state index contributed by atoms with van der Waals surface area (Å²) in [6.07, 6.45) is 3.20. The fraction of sp³-hybridized carbons (Fsp3) is 0.857. The molecular weight excluding hydrogens is 244 g/mol. The number of nitrogens with one attached hydrogen (secondary N) is 1. The number of hydrogen-bond acceptors (Lipinski definition) is 3. The molecule has 1 fully saturated rings. The van der Waals surface area contributed by atoms with Crippen LogP contribution < -0.4 is 5.32 Å². The SMILES string of the molecule is CCC1C[C@H](C(=O)NCCCN(C)C)[C@H](C(=O)O)C1. The third kappa shape index (κ3) is 4.82. The zero-order chi connectivity index (χ0) is 14.4. The van der Waals surface area contributed by atoms with Gasteiger partial charge in [-0.15, -0.1) is 0 Å². The quantitative estimate of drug-likeness (QED) is 0.682. The van der Waals surface area contributed by atoms with Crippen LogP contribution in [-0.4, -0.2) is 49.1 Å². The number of hydrogen-bond donors (Lipinski definition) is 2. The fourth-order valence-corrected chi connectivity index (χ4v) is 2.78. The molecule has 19 heavy (non-hydrogen) atoms. The lowest BCUT2D eigenvalue weighted by atomic mass is 9.95. The zero-order valence-electron chi connectivity index (χ0n) is 12.2. The van der Waals surface area contributed by atoms with Gasteiger partial charge in [-0.3, -0.25) is 9.59 Å². The van der Waals surface area contributed by atoms with E-state index in [1.807, 2.05) is 14.1 Å². The molecule has 2 N–H and O–H groups in total. The van der Waals surface area contributed by atoms with Gasteiger partial charge in [0.05, 0.1) is 11.8 Å². The summed E-state index contributed by atoms with van der Waals surface area (Å²) in [7, 11) is 3.98. The monoisotopic (exact) mass is 270 g/mol. The van der Waals surface area contributed by atoms with Gasteiger partial charge in [-0.05, 0) is 45.8 Å². The van der Waals surface area contributed by atoms with E-state index in [1.54, 1.807) is 0 Å². The molecule has 0 aliphatic heterocycles. The van der Waals surface area contributed by atoms with Gasteiger partial charge in [0.15, 0.2) is 0 Å². The number of nitrogens with zero attached hydrogens (tertiary/aromatic N) is 1. The van der Waals surface area contributed by atoms with Crippen molar-refractivity contribution >= 4 is 11.9 Å². The molecule has 0 radical (unpaired) electrons. The van der Waals surface area contributed by atoms with Crippen LogP contribution in [-0.2, 0) is 9.59 Å². The van der Waals surface area contributed by atoms with Gasteiger partial charge in [0.25, 0.3) is 0 Å². The predicted molar refractivity (Wildman–Crippen MR) is 73.8 cm³/mol. The number of carbonyl (C=O) groups is 2. The van der Waals surface area contributed by atoms with Crippen molar-refractivity contribution in [1.82, 2.24) is 10.2 Å². The zero-order valence-corrected chi connectivity index (χ0v) is 12.2. The summed E-state index contributed by atoms with van der Waals surface area (Å²) in [6.45, 7) is 3.60. The van der Waals surface area contributed by atoms with Crippen LogP contribution in [0.25, 0.3) is 0 Å². The van der Waals surface area contributed by atoms with Gasteiger partial charge in [-0.1, -0.05) is 13.3 Å². The molecule has 5 nitrogen and oxygen atoms in total. The van der Waals surface area contributed by atoms with E-state index >= 15 is 0 Å². The molecule has 1 unspecified atom stereocenters. The van der Waals surface area contributed by atoms with E-state index in [0.717, 1.165) is 19.4 Å².